The lowest BCUT2D eigenvalue weighted by atomic mass is 10.0. The van der Waals surface area contributed by atoms with Crippen LogP contribution in [0.5, 0.6) is 0 Å². The summed E-state index contributed by atoms with van der Waals surface area (Å²) in [4.78, 5) is 11.5. The Morgan fingerprint density at radius 1 is 1.11 bits per heavy atom. The highest BCUT2D eigenvalue weighted by atomic mass is 19.4. The van der Waals surface area contributed by atoms with Crippen LogP contribution in [0.15, 0.2) is 24.3 Å². The highest BCUT2D eigenvalue weighted by Crippen LogP contribution is 2.29. The first kappa shape index (κ1) is 14.7. The summed E-state index contributed by atoms with van der Waals surface area (Å²) in [6, 6.07) is 4.71. The molecule has 100 valence electrons. The maximum Gasteiger partial charge on any atom is 0.416 e. The molecule has 1 aromatic rings. The minimum atomic E-state index is -4.33. The smallest absolute Gasteiger partial charge is 0.330 e. The van der Waals surface area contributed by atoms with Crippen LogP contribution in [0.25, 0.3) is 0 Å². The molecule has 1 aromatic carbocycles. The minimum Gasteiger partial charge on any atom is -0.330 e. The average Bonchev–Trinajstić information content (AvgIpc) is 2.29. The number of hydrogen-bond donors (Lipinski definition) is 1. The molecule has 2 nitrogen and oxygen atoms in total. The van der Waals surface area contributed by atoms with Gasteiger partial charge in [-0.05, 0) is 37.1 Å². The topological polar surface area (TPSA) is 43.1 Å². The molecule has 0 atom stereocenters. The van der Waals surface area contributed by atoms with Gasteiger partial charge < -0.3 is 5.73 Å². The van der Waals surface area contributed by atoms with Crippen LogP contribution in [0, 0.1) is 0 Å². The van der Waals surface area contributed by atoms with E-state index in [0.29, 0.717) is 18.5 Å². The molecule has 0 saturated carbocycles. The molecule has 0 spiro atoms. The predicted octanol–water partition coefficient (Wildman–Crippen LogP) is 2.95. The SMILES string of the molecule is NCCCCC(=O)Cc1ccc(C(F)(F)F)cc1. The summed E-state index contributed by atoms with van der Waals surface area (Å²) in [6.07, 6.45) is -2.20. The molecule has 0 aliphatic heterocycles. The Kier molecular flexibility index (Phi) is 5.34. The molecule has 0 bridgehead atoms. The maximum atomic E-state index is 12.3. The third-order valence-corrected chi connectivity index (χ3v) is 2.59. The number of ketones is 1. The highest BCUT2D eigenvalue weighted by molar-refractivity contribution is 5.80. The van der Waals surface area contributed by atoms with Gasteiger partial charge in [0.15, 0.2) is 0 Å². The van der Waals surface area contributed by atoms with Crippen LogP contribution in [-0.2, 0) is 17.4 Å². The first-order valence-corrected chi connectivity index (χ1v) is 5.81. The zero-order valence-electron chi connectivity index (χ0n) is 9.96. The molecule has 5 heteroatoms. The number of halogens is 3. The molecule has 0 heterocycles. The van der Waals surface area contributed by atoms with Crippen molar-refractivity contribution in [3.8, 4) is 0 Å². The molecule has 0 amide bonds. The van der Waals surface area contributed by atoms with Gasteiger partial charge >= 0.3 is 6.18 Å². The highest BCUT2D eigenvalue weighted by Gasteiger charge is 2.29. The van der Waals surface area contributed by atoms with Gasteiger partial charge in [-0.15, -0.1) is 0 Å². The summed E-state index contributed by atoms with van der Waals surface area (Å²) in [5.41, 5.74) is 5.23. The number of nitrogens with two attached hydrogens (primary N) is 1. The number of rotatable bonds is 6. The zero-order chi connectivity index (χ0) is 13.6. The van der Waals surface area contributed by atoms with Crippen LogP contribution in [0.3, 0.4) is 0 Å². The first-order chi connectivity index (χ1) is 8.43. The van der Waals surface area contributed by atoms with E-state index in [9.17, 15) is 18.0 Å². The van der Waals surface area contributed by atoms with Crippen LogP contribution < -0.4 is 5.73 Å². The van der Waals surface area contributed by atoms with Crippen molar-refractivity contribution in [2.75, 3.05) is 6.54 Å². The van der Waals surface area contributed by atoms with Crippen LogP contribution in [0.4, 0.5) is 13.2 Å². The predicted molar refractivity (Wildman–Crippen MR) is 63.1 cm³/mol. The second-order valence-electron chi connectivity index (χ2n) is 4.16. The van der Waals surface area contributed by atoms with Gasteiger partial charge in [0, 0.05) is 12.8 Å². The molecular formula is C13H16F3NO. The molecule has 0 unspecified atom stereocenters. The van der Waals surface area contributed by atoms with Gasteiger partial charge in [0.2, 0.25) is 0 Å². The molecule has 0 saturated heterocycles. The number of carbonyl (C=O) groups excluding carboxylic acids is 1. The quantitative estimate of drug-likeness (QED) is 0.798. The van der Waals surface area contributed by atoms with Crippen molar-refractivity contribution in [1.82, 2.24) is 0 Å². The van der Waals surface area contributed by atoms with E-state index >= 15 is 0 Å². The Labute approximate surface area is 104 Å². The Morgan fingerprint density at radius 2 is 1.72 bits per heavy atom. The van der Waals surface area contributed by atoms with Crippen LogP contribution >= 0.6 is 0 Å². The van der Waals surface area contributed by atoms with Crippen molar-refractivity contribution in [2.45, 2.75) is 31.9 Å². The Morgan fingerprint density at radius 3 is 2.22 bits per heavy atom. The molecule has 18 heavy (non-hydrogen) atoms. The van der Waals surface area contributed by atoms with E-state index in [1.165, 1.54) is 12.1 Å². The van der Waals surface area contributed by atoms with Gasteiger partial charge in [0.25, 0.3) is 0 Å². The van der Waals surface area contributed by atoms with Gasteiger partial charge in [0.1, 0.15) is 5.78 Å². The molecule has 1 rings (SSSR count). The summed E-state index contributed by atoms with van der Waals surface area (Å²) in [5.74, 6) is 0.0307. The molecule has 2 N–H and O–H groups in total. The van der Waals surface area contributed by atoms with Crippen molar-refractivity contribution < 1.29 is 18.0 Å². The monoisotopic (exact) mass is 259 g/mol. The number of unbranched alkanes of at least 4 members (excludes halogenated alkanes) is 1. The number of benzene rings is 1. The Bertz CT molecular complexity index is 384. The lowest BCUT2D eigenvalue weighted by Gasteiger charge is -2.07. The van der Waals surface area contributed by atoms with Crippen LogP contribution in [0.2, 0.25) is 0 Å². The lowest BCUT2D eigenvalue weighted by Crippen LogP contribution is -2.07. The molecule has 0 fully saturated rings. The van der Waals surface area contributed by atoms with E-state index in [2.05, 4.69) is 0 Å². The summed E-state index contributed by atoms with van der Waals surface area (Å²) in [5, 5.41) is 0. The van der Waals surface area contributed by atoms with Gasteiger partial charge in [-0.25, -0.2) is 0 Å². The van der Waals surface area contributed by atoms with Crippen LogP contribution in [0.1, 0.15) is 30.4 Å². The van der Waals surface area contributed by atoms with Gasteiger partial charge in [-0.3, -0.25) is 4.79 Å². The third-order valence-electron chi connectivity index (χ3n) is 2.59. The van der Waals surface area contributed by atoms with E-state index < -0.39 is 11.7 Å². The number of hydrogen-bond acceptors (Lipinski definition) is 2. The summed E-state index contributed by atoms with van der Waals surface area (Å²) >= 11 is 0. The van der Waals surface area contributed by atoms with Crippen LogP contribution in [-0.4, -0.2) is 12.3 Å². The molecule has 0 aliphatic carbocycles. The van der Waals surface area contributed by atoms with Gasteiger partial charge in [-0.2, -0.15) is 13.2 Å². The summed E-state index contributed by atoms with van der Waals surface area (Å²) in [6.45, 7) is 0.549. The fourth-order valence-electron chi connectivity index (χ4n) is 1.59. The summed E-state index contributed by atoms with van der Waals surface area (Å²) in [7, 11) is 0. The largest absolute Gasteiger partial charge is 0.416 e. The van der Waals surface area contributed by atoms with E-state index in [4.69, 9.17) is 5.73 Å². The number of carbonyl (C=O) groups is 1. The van der Waals surface area contributed by atoms with E-state index in [-0.39, 0.29) is 12.2 Å². The zero-order valence-corrected chi connectivity index (χ0v) is 9.96. The van der Waals surface area contributed by atoms with E-state index in [1.54, 1.807) is 0 Å². The number of alkyl halides is 3. The average molecular weight is 259 g/mol. The first-order valence-electron chi connectivity index (χ1n) is 5.81. The van der Waals surface area contributed by atoms with Crippen molar-refractivity contribution in [3.63, 3.8) is 0 Å². The van der Waals surface area contributed by atoms with E-state index in [1.807, 2.05) is 0 Å². The van der Waals surface area contributed by atoms with Crippen molar-refractivity contribution >= 4 is 5.78 Å². The van der Waals surface area contributed by atoms with Gasteiger partial charge in [0.05, 0.1) is 5.56 Å². The maximum absolute atomic E-state index is 12.3. The van der Waals surface area contributed by atoms with Gasteiger partial charge in [-0.1, -0.05) is 12.1 Å². The molecule has 0 aromatic heterocycles. The molecular weight excluding hydrogens is 243 g/mol. The third kappa shape index (κ3) is 4.87. The van der Waals surface area contributed by atoms with Crippen molar-refractivity contribution in [3.05, 3.63) is 35.4 Å². The Balaban J connectivity index is 2.51. The van der Waals surface area contributed by atoms with Crippen molar-refractivity contribution in [1.29, 1.82) is 0 Å². The van der Waals surface area contributed by atoms with Crippen molar-refractivity contribution in [2.24, 2.45) is 5.73 Å². The normalized spacial score (nSPS) is 11.6. The molecule has 0 aliphatic rings. The second-order valence-corrected chi connectivity index (χ2v) is 4.16. The Hall–Kier alpha value is -1.36. The lowest BCUT2D eigenvalue weighted by molar-refractivity contribution is -0.137. The fourth-order valence-corrected chi connectivity index (χ4v) is 1.59. The molecule has 0 radical (unpaired) electrons. The fraction of sp³-hybridized carbons (Fsp3) is 0.462. The number of Topliss-reactive ketones (excluding diaryl/α,β-unsaturated/α-hetero) is 1. The standard InChI is InChI=1S/C13H16F3NO/c14-13(15,16)11-6-4-10(5-7-11)9-12(18)3-1-2-8-17/h4-7H,1-3,8-9,17H2. The summed E-state index contributed by atoms with van der Waals surface area (Å²) < 4.78 is 36.9. The van der Waals surface area contributed by atoms with E-state index in [0.717, 1.165) is 25.0 Å². The second kappa shape index (κ2) is 6.54. The minimum absolute atomic E-state index is 0.0307.